The largest absolute Gasteiger partial charge is 0.416 e. The van der Waals surface area contributed by atoms with Crippen LogP contribution in [0.3, 0.4) is 0 Å². The number of rotatable bonds is 4. The van der Waals surface area contributed by atoms with Gasteiger partial charge in [-0.1, -0.05) is 12.1 Å². The zero-order valence-corrected chi connectivity index (χ0v) is 13.6. The van der Waals surface area contributed by atoms with E-state index in [0.29, 0.717) is 17.8 Å². The Kier molecular flexibility index (Phi) is 5.21. The minimum atomic E-state index is -4.42. The molecule has 1 aromatic heterocycles. The van der Waals surface area contributed by atoms with E-state index in [1.54, 1.807) is 26.8 Å². The highest BCUT2D eigenvalue weighted by Crippen LogP contribution is 2.32. The van der Waals surface area contributed by atoms with Crippen LogP contribution < -0.4 is 0 Å². The highest BCUT2D eigenvalue weighted by molar-refractivity contribution is 5.92. The van der Waals surface area contributed by atoms with Gasteiger partial charge in [0.25, 0.3) is 5.91 Å². The monoisotopic (exact) mass is 337 g/mol. The molecule has 0 unspecified atom stereocenters. The predicted molar refractivity (Wildman–Crippen MR) is 83.3 cm³/mol. The molecule has 1 heterocycles. The minimum absolute atomic E-state index is 0.168. The molecule has 1 aromatic carbocycles. The van der Waals surface area contributed by atoms with Crippen molar-refractivity contribution in [2.75, 3.05) is 6.54 Å². The van der Waals surface area contributed by atoms with Crippen molar-refractivity contribution in [3.63, 3.8) is 0 Å². The lowest BCUT2D eigenvalue weighted by atomic mass is 10.0. The van der Waals surface area contributed by atoms with Crippen molar-refractivity contribution in [1.29, 1.82) is 0 Å². The first kappa shape index (κ1) is 17.9. The van der Waals surface area contributed by atoms with Gasteiger partial charge in [-0.3, -0.25) is 9.78 Å². The first-order valence-electron chi connectivity index (χ1n) is 7.50. The molecule has 0 aliphatic carbocycles. The van der Waals surface area contributed by atoms with Crippen LogP contribution in [-0.4, -0.2) is 27.3 Å². The summed E-state index contributed by atoms with van der Waals surface area (Å²) >= 11 is 0. The first-order valence-corrected chi connectivity index (χ1v) is 7.50. The van der Waals surface area contributed by atoms with Gasteiger partial charge in [-0.25, -0.2) is 4.98 Å². The number of halogens is 3. The van der Waals surface area contributed by atoms with E-state index in [-0.39, 0.29) is 11.6 Å². The van der Waals surface area contributed by atoms with Gasteiger partial charge in [-0.05, 0) is 38.5 Å². The highest BCUT2D eigenvalue weighted by atomic mass is 19.4. The summed E-state index contributed by atoms with van der Waals surface area (Å²) in [6.07, 6.45) is -1.56. The number of hydrogen-bond acceptors (Lipinski definition) is 3. The fourth-order valence-electron chi connectivity index (χ4n) is 2.40. The van der Waals surface area contributed by atoms with Crippen LogP contribution in [0.25, 0.3) is 0 Å². The number of carbonyl (C=O) groups is 1. The van der Waals surface area contributed by atoms with E-state index in [2.05, 4.69) is 9.97 Å². The van der Waals surface area contributed by atoms with E-state index in [0.717, 1.165) is 12.1 Å². The molecule has 1 atom stereocenters. The molecule has 128 valence electrons. The van der Waals surface area contributed by atoms with Crippen molar-refractivity contribution < 1.29 is 18.0 Å². The lowest BCUT2D eigenvalue weighted by molar-refractivity contribution is -0.137. The third-order valence-electron chi connectivity index (χ3n) is 3.77. The van der Waals surface area contributed by atoms with Crippen LogP contribution in [0.5, 0.6) is 0 Å². The molecule has 0 bridgehead atoms. The zero-order chi connectivity index (χ0) is 17.9. The Balaban J connectivity index is 2.30. The zero-order valence-electron chi connectivity index (χ0n) is 13.6. The Morgan fingerprint density at radius 3 is 2.50 bits per heavy atom. The average molecular weight is 337 g/mol. The summed E-state index contributed by atoms with van der Waals surface area (Å²) in [4.78, 5) is 22.1. The van der Waals surface area contributed by atoms with Gasteiger partial charge in [-0.15, -0.1) is 0 Å². The molecule has 7 heteroatoms. The molecule has 0 radical (unpaired) electrons. The lowest BCUT2D eigenvalue weighted by Gasteiger charge is -2.28. The van der Waals surface area contributed by atoms with Crippen LogP contribution in [0.1, 0.15) is 47.2 Å². The van der Waals surface area contributed by atoms with Crippen LogP contribution in [0.4, 0.5) is 13.2 Å². The number of nitrogens with zero attached hydrogens (tertiary/aromatic N) is 3. The van der Waals surface area contributed by atoms with Crippen molar-refractivity contribution >= 4 is 5.91 Å². The third-order valence-corrected chi connectivity index (χ3v) is 3.77. The molecule has 24 heavy (non-hydrogen) atoms. The summed E-state index contributed by atoms with van der Waals surface area (Å²) in [5.74, 6) is -0.366. The summed E-state index contributed by atoms with van der Waals surface area (Å²) in [6.45, 7) is 5.55. The second-order valence-corrected chi connectivity index (χ2v) is 5.43. The summed E-state index contributed by atoms with van der Waals surface area (Å²) < 4.78 is 38.6. The van der Waals surface area contributed by atoms with Crippen LogP contribution >= 0.6 is 0 Å². The Morgan fingerprint density at radius 1 is 1.25 bits per heavy atom. The molecule has 0 spiro atoms. The number of benzene rings is 1. The molecule has 0 fully saturated rings. The second kappa shape index (κ2) is 6.98. The maximum Gasteiger partial charge on any atom is 0.416 e. The fourth-order valence-corrected chi connectivity index (χ4v) is 2.40. The molecule has 0 aliphatic heterocycles. The van der Waals surface area contributed by atoms with Gasteiger partial charge in [0, 0.05) is 12.7 Å². The van der Waals surface area contributed by atoms with Gasteiger partial charge in [0.05, 0.1) is 23.5 Å². The summed E-state index contributed by atoms with van der Waals surface area (Å²) in [5, 5.41) is 0. The van der Waals surface area contributed by atoms with Crippen molar-refractivity contribution in [3.05, 3.63) is 59.2 Å². The summed E-state index contributed by atoms with van der Waals surface area (Å²) in [6, 6.07) is 4.49. The molecule has 0 N–H and O–H groups in total. The Labute approximate surface area is 138 Å². The third kappa shape index (κ3) is 3.90. The molecular formula is C17H18F3N3O. The van der Waals surface area contributed by atoms with Gasteiger partial charge >= 0.3 is 6.18 Å². The van der Waals surface area contributed by atoms with Crippen LogP contribution in [0.15, 0.2) is 36.7 Å². The molecular weight excluding hydrogens is 319 g/mol. The summed E-state index contributed by atoms with van der Waals surface area (Å²) in [7, 11) is 0. The molecule has 0 saturated heterocycles. The van der Waals surface area contributed by atoms with E-state index in [9.17, 15) is 18.0 Å². The number of alkyl halides is 3. The van der Waals surface area contributed by atoms with Gasteiger partial charge < -0.3 is 4.90 Å². The van der Waals surface area contributed by atoms with Crippen molar-refractivity contribution in [3.8, 4) is 0 Å². The highest BCUT2D eigenvalue weighted by Gasteiger charge is 2.31. The normalized spacial score (nSPS) is 12.8. The summed E-state index contributed by atoms with van der Waals surface area (Å²) in [5.41, 5.74) is 0.535. The Bertz CT molecular complexity index is 714. The molecule has 2 rings (SSSR count). The second-order valence-electron chi connectivity index (χ2n) is 5.43. The van der Waals surface area contributed by atoms with E-state index < -0.39 is 17.8 Å². The average Bonchev–Trinajstić information content (AvgIpc) is 2.55. The minimum Gasteiger partial charge on any atom is -0.331 e. The maximum atomic E-state index is 12.9. The standard InChI is InChI=1S/C17H18F3N3O/c1-4-23(16(24)15-10-21-11(2)9-22-15)12(3)13-6-5-7-14(8-13)17(18,19)20/h5-10,12H,4H2,1-3H3/t12-/m1/s1. The molecule has 0 aliphatic rings. The van der Waals surface area contributed by atoms with Crippen LogP contribution in [0, 0.1) is 6.92 Å². The molecule has 2 aromatic rings. The van der Waals surface area contributed by atoms with Gasteiger partial charge in [0.2, 0.25) is 0 Å². The van der Waals surface area contributed by atoms with Gasteiger partial charge in [0.1, 0.15) is 5.69 Å². The number of aromatic nitrogens is 2. The number of aryl methyl sites for hydroxylation is 1. The van der Waals surface area contributed by atoms with E-state index >= 15 is 0 Å². The Morgan fingerprint density at radius 2 is 1.96 bits per heavy atom. The van der Waals surface area contributed by atoms with Gasteiger partial charge in [-0.2, -0.15) is 13.2 Å². The fraction of sp³-hybridized carbons (Fsp3) is 0.353. The molecule has 1 amide bonds. The lowest BCUT2D eigenvalue weighted by Crippen LogP contribution is -2.34. The first-order chi connectivity index (χ1) is 11.2. The van der Waals surface area contributed by atoms with E-state index in [4.69, 9.17) is 0 Å². The topological polar surface area (TPSA) is 46.1 Å². The Hall–Kier alpha value is -2.44. The predicted octanol–water partition coefficient (Wildman–Crippen LogP) is 4.03. The quantitative estimate of drug-likeness (QED) is 0.846. The smallest absolute Gasteiger partial charge is 0.331 e. The van der Waals surface area contributed by atoms with Crippen molar-refractivity contribution in [1.82, 2.24) is 14.9 Å². The number of carbonyl (C=O) groups excluding carboxylic acids is 1. The van der Waals surface area contributed by atoms with Crippen LogP contribution in [-0.2, 0) is 6.18 Å². The number of amides is 1. The van der Waals surface area contributed by atoms with Crippen molar-refractivity contribution in [2.24, 2.45) is 0 Å². The SMILES string of the molecule is CCN(C(=O)c1cnc(C)cn1)[C@H](C)c1cccc(C(F)(F)F)c1. The van der Waals surface area contributed by atoms with Crippen LogP contribution in [0.2, 0.25) is 0 Å². The van der Waals surface area contributed by atoms with Crippen molar-refractivity contribution in [2.45, 2.75) is 33.0 Å². The number of hydrogen-bond donors (Lipinski definition) is 0. The maximum absolute atomic E-state index is 12.9. The van der Waals surface area contributed by atoms with E-state index in [1.807, 2.05) is 0 Å². The molecule has 4 nitrogen and oxygen atoms in total. The van der Waals surface area contributed by atoms with E-state index in [1.165, 1.54) is 23.4 Å². The molecule has 0 saturated carbocycles. The van der Waals surface area contributed by atoms with Gasteiger partial charge in [0.15, 0.2) is 0 Å².